The normalized spacial score (nSPS) is 11.4. The highest BCUT2D eigenvalue weighted by atomic mass is 16.5. The van der Waals surface area contributed by atoms with E-state index in [4.69, 9.17) is 10.5 Å². The molecule has 0 saturated carbocycles. The lowest BCUT2D eigenvalue weighted by Crippen LogP contribution is -2.14. The van der Waals surface area contributed by atoms with Gasteiger partial charge in [0.15, 0.2) is 0 Å². The molecule has 2 N–H and O–H groups in total. The van der Waals surface area contributed by atoms with Gasteiger partial charge in [0.2, 0.25) is 0 Å². The van der Waals surface area contributed by atoms with Crippen molar-refractivity contribution in [2.75, 3.05) is 5.73 Å². The van der Waals surface area contributed by atoms with Crippen molar-refractivity contribution in [3.63, 3.8) is 0 Å². The van der Waals surface area contributed by atoms with Gasteiger partial charge in [0.05, 0.1) is 0 Å². The average molecular weight is 270 g/mol. The van der Waals surface area contributed by atoms with E-state index in [9.17, 15) is 0 Å². The van der Waals surface area contributed by atoms with Crippen molar-refractivity contribution in [1.29, 1.82) is 0 Å². The second kappa shape index (κ2) is 5.53. The number of rotatable bonds is 3. The number of pyridine rings is 1. The summed E-state index contributed by atoms with van der Waals surface area (Å²) in [6, 6.07) is 10.1. The molecule has 2 rings (SSSR count). The van der Waals surface area contributed by atoms with Crippen LogP contribution in [0.4, 0.5) is 5.82 Å². The van der Waals surface area contributed by atoms with Gasteiger partial charge in [-0.1, -0.05) is 39.0 Å². The third-order valence-electron chi connectivity index (χ3n) is 3.25. The van der Waals surface area contributed by atoms with Gasteiger partial charge >= 0.3 is 0 Å². The van der Waals surface area contributed by atoms with Gasteiger partial charge in [-0.3, -0.25) is 0 Å². The van der Waals surface area contributed by atoms with Crippen LogP contribution in [0.1, 0.15) is 37.5 Å². The molecule has 2 aromatic rings. The lowest BCUT2D eigenvalue weighted by molar-refractivity contribution is 0.297. The standard InChI is InChI=1S/C17H22N2O/c1-12-7-8-14(17(2,3)4)15(10-12)20-11-13-6-5-9-19-16(13)18/h5-10H,11H2,1-4H3,(H2,18,19). The predicted octanol–water partition coefficient (Wildman–Crippen LogP) is 3.85. The molecule has 0 fully saturated rings. The molecular weight excluding hydrogens is 248 g/mol. The van der Waals surface area contributed by atoms with Crippen LogP contribution >= 0.6 is 0 Å². The van der Waals surface area contributed by atoms with E-state index in [-0.39, 0.29) is 5.41 Å². The van der Waals surface area contributed by atoms with Gasteiger partial charge in [-0.25, -0.2) is 4.98 Å². The Morgan fingerprint density at radius 3 is 2.60 bits per heavy atom. The van der Waals surface area contributed by atoms with E-state index in [0.717, 1.165) is 11.3 Å². The van der Waals surface area contributed by atoms with Crippen LogP contribution in [-0.2, 0) is 12.0 Å². The number of ether oxygens (including phenoxy) is 1. The molecule has 0 aliphatic rings. The Hall–Kier alpha value is -2.03. The summed E-state index contributed by atoms with van der Waals surface area (Å²) < 4.78 is 5.99. The summed E-state index contributed by atoms with van der Waals surface area (Å²) in [7, 11) is 0. The first-order chi connectivity index (χ1) is 9.38. The second-order valence-electron chi connectivity index (χ2n) is 6.09. The summed E-state index contributed by atoms with van der Waals surface area (Å²) in [5, 5.41) is 0. The number of aryl methyl sites for hydroxylation is 1. The minimum Gasteiger partial charge on any atom is -0.488 e. The lowest BCUT2D eigenvalue weighted by atomic mass is 9.86. The van der Waals surface area contributed by atoms with Crippen molar-refractivity contribution in [3.05, 3.63) is 53.2 Å². The molecule has 1 heterocycles. The van der Waals surface area contributed by atoms with Crippen molar-refractivity contribution in [1.82, 2.24) is 4.98 Å². The summed E-state index contributed by atoms with van der Waals surface area (Å²) in [6.07, 6.45) is 1.69. The third kappa shape index (κ3) is 3.29. The molecule has 0 unspecified atom stereocenters. The van der Waals surface area contributed by atoms with Gasteiger partial charge in [-0.2, -0.15) is 0 Å². The van der Waals surface area contributed by atoms with Gasteiger partial charge in [0.25, 0.3) is 0 Å². The average Bonchev–Trinajstić information content (AvgIpc) is 2.36. The van der Waals surface area contributed by atoms with E-state index in [1.165, 1.54) is 11.1 Å². The molecule has 0 amide bonds. The third-order valence-corrected chi connectivity index (χ3v) is 3.25. The quantitative estimate of drug-likeness (QED) is 0.921. The minimum atomic E-state index is 0.0452. The summed E-state index contributed by atoms with van der Waals surface area (Å²) in [6.45, 7) is 9.05. The summed E-state index contributed by atoms with van der Waals surface area (Å²) in [5.41, 5.74) is 9.19. The van der Waals surface area contributed by atoms with Crippen LogP contribution in [0.2, 0.25) is 0 Å². The predicted molar refractivity (Wildman–Crippen MR) is 82.9 cm³/mol. The fraction of sp³-hybridized carbons (Fsp3) is 0.353. The molecule has 0 spiro atoms. The maximum absolute atomic E-state index is 5.99. The molecule has 1 aromatic heterocycles. The molecule has 0 aliphatic heterocycles. The van der Waals surface area contributed by atoms with E-state index < -0.39 is 0 Å². The highest BCUT2D eigenvalue weighted by molar-refractivity contribution is 5.42. The summed E-state index contributed by atoms with van der Waals surface area (Å²) >= 11 is 0. The van der Waals surface area contributed by atoms with Crippen LogP contribution in [0.3, 0.4) is 0 Å². The SMILES string of the molecule is Cc1ccc(C(C)(C)C)c(OCc2cccnc2N)c1. The van der Waals surface area contributed by atoms with Gasteiger partial charge in [-0.05, 0) is 35.6 Å². The van der Waals surface area contributed by atoms with E-state index in [1.807, 2.05) is 12.1 Å². The molecule has 0 atom stereocenters. The van der Waals surface area contributed by atoms with Crippen LogP contribution in [0.5, 0.6) is 5.75 Å². The molecule has 0 aliphatic carbocycles. The number of hydrogen-bond donors (Lipinski definition) is 1. The van der Waals surface area contributed by atoms with Gasteiger partial charge in [0, 0.05) is 11.8 Å². The minimum absolute atomic E-state index is 0.0452. The first-order valence-electron chi connectivity index (χ1n) is 6.81. The Kier molecular flexibility index (Phi) is 3.98. The van der Waals surface area contributed by atoms with Crippen molar-refractivity contribution >= 4 is 5.82 Å². The number of hydrogen-bond acceptors (Lipinski definition) is 3. The van der Waals surface area contributed by atoms with E-state index >= 15 is 0 Å². The van der Waals surface area contributed by atoms with Crippen molar-refractivity contribution in [2.24, 2.45) is 0 Å². The largest absolute Gasteiger partial charge is 0.488 e. The molecule has 20 heavy (non-hydrogen) atoms. The van der Waals surface area contributed by atoms with Crippen LogP contribution < -0.4 is 10.5 Å². The zero-order chi connectivity index (χ0) is 14.8. The van der Waals surface area contributed by atoms with E-state index in [2.05, 4.69) is 50.9 Å². The second-order valence-corrected chi connectivity index (χ2v) is 6.09. The van der Waals surface area contributed by atoms with Crippen LogP contribution in [0, 0.1) is 6.92 Å². The Balaban J connectivity index is 2.25. The van der Waals surface area contributed by atoms with E-state index in [0.29, 0.717) is 12.4 Å². The zero-order valence-corrected chi connectivity index (χ0v) is 12.6. The van der Waals surface area contributed by atoms with Crippen LogP contribution in [0.25, 0.3) is 0 Å². The molecule has 1 aromatic carbocycles. The van der Waals surface area contributed by atoms with Gasteiger partial charge in [-0.15, -0.1) is 0 Å². The summed E-state index contributed by atoms with van der Waals surface area (Å²) in [4.78, 5) is 4.08. The molecule has 106 valence electrons. The highest BCUT2D eigenvalue weighted by Crippen LogP contribution is 2.32. The molecule has 0 radical (unpaired) electrons. The maximum Gasteiger partial charge on any atom is 0.129 e. The smallest absolute Gasteiger partial charge is 0.129 e. The number of nitrogen functional groups attached to an aromatic ring is 1. The molecule has 3 heteroatoms. The number of anilines is 1. The fourth-order valence-corrected chi connectivity index (χ4v) is 2.10. The number of benzene rings is 1. The molecule has 0 saturated heterocycles. The van der Waals surface area contributed by atoms with Gasteiger partial charge < -0.3 is 10.5 Å². The zero-order valence-electron chi connectivity index (χ0n) is 12.6. The Morgan fingerprint density at radius 1 is 1.20 bits per heavy atom. The molecular formula is C17H22N2O. The topological polar surface area (TPSA) is 48.1 Å². The van der Waals surface area contributed by atoms with Crippen molar-refractivity contribution in [2.45, 2.75) is 39.7 Å². The monoisotopic (exact) mass is 270 g/mol. The summed E-state index contributed by atoms with van der Waals surface area (Å²) in [5.74, 6) is 1.44. The Bertz CT molecular complexity index is 600. The van der Waals surface area contributed by atoms with Crippen LogP contribution in [0.15, 0.2) is 36.5 Å². The molecule has 0 bridgehead atoms. The number of nitrogens with two attached hydrogens (primary N) is 1. The highest BCUT2D eigenvalue weighted by Gasteiger charge is 2.19. The van der Waals surface area contributed by atoms with Crippen molar-refractivity contribution in [3.8, 4) is 5.75 Å². The lowest BCUT2D eigenvalue weighted by Gasteiger charge is -2.23. The maximum atomic E-state index is 5.99. The Labute approximate surface area is 120 Å². The molecule has 3 nitrogen and oxygen atoms in total. The first kappa shape index (κ1) is 14.4. The first-order valence-corrected chi connectivity index (χ1v) is 6.81. The van der Waals surface area contributed by atoms with Crippen LogP contribution in [-0.4, -0.2) is 4.98 Å². The number of aromatic nitrogens is 1. The van der Waals surface area contributed by atoms with E-state index in [1.54, 1.807) is 6.20 Å². The Morgan fingerprint density at radius 2 is 1.95 bits per heavy atom. The number of nitrogens with zero attached hydrogens (tertiary/aromatic N) is 1. The van der Waals surface area contributed by atoms with Crippen molar-refractivity contribution < 1.29 is 4.74 Å². The fourth-order valence-electron chi connectivity index (χ4n) is 2.10. The van der Waals surface area contributed by atoms with Gasteiger partial charge in [0.1, 0.15) is 18.2 Å².